The van der Waals surface area contributed by atoms with Gasteiger partial charge in [0.2, 0.25) is 0 Å². The molecule has 0 aliphatic carbocycles. The van der Waals surface area contributed by atoms with Crippen LogP contribution in [0, 0.1) is 0 Å². The molecule has 1 aliphatic rings. The second-order valence-electron chi connectivity index (χ2n) is 4.73. The van der Waals surface area contributed by atoms with Gasteiger partial charge in [0, 0.05) is 13.0 Å². The Morgan fingerprint density at radius 1 is 1.29 bits per heavy atom. The van der Waals surface area contributed by atoms with Gasteiger partial charge in [-0.05, 0) is 11.1 Å². The van der Waals surface area contributed by atoms with Crippen LogP contribution in [0.4, 0.5) is 18.0 Å². The van der Waals surface area contributed by atoms with E-state index in [4.69, 9.17) is 5.11 Å². The third-order valence-corrected chi connectivity index (χ3v) is 3.23. The third-order valence-electron chi connectivity index (χ3n) is 3.23. The van der Waals surface area contributed by atoms with E-state index in [1.165, 1.54) is 0 Å². The summed E-state index contributed by atoms with van der Waals surface area (Å²) in [5.41, 5.74) is 1.52. The van der Waals surface area contributed by atoms with Gasteiger partial charge in [-0.2, -0.15) is 13.2 Å². The number of urea groups is 1. The molecule has 0 saturated carbocycles. The van der Waals surface area contributed by atoms with Gasteiger partial charge in [0.1, 0.15) is 12.6 Å². The molecular formula is C13H13F3N2O3. The number of alkyl halides is 3. The van der Waals surface area contributed by atoms with Gasteiger partial charge < -0.3 is 15.3 Å². The highest BCUT2D eigenvalue weighted by Crippen LogP contribution is 2.23. The number of rotatable bonds is 2. The highest BCUT2D eigenvalue weighted by atomic mass is 19.4. The van der Waals surface area contributed by atoms with E-state index in [-0.39, 0.29) is 13.0 Å². The molecule has 1 aliphatic heterocycles. The van der Waals surface area contributed by atoms with Crippen LogP contribution in [0.25, 0.3) is 0 Å². The average Bonchev–Trinajstić information content (AvgIpc) is 2.42. The van der Waals surface area contributed by atoms with E-state index in [1.54, 1.807) is 29.6 Å². The number of benzene rings is 1. The Morgan fingerprint density at radius 2 is 1.90 bits per heavy atom. The van der Waals surface area contributed by atoms with Crippen LogP contribution in [0.15, 0.2) is 24.3 Å². The molecule has 0 saturated heterocycles. The SMILES string of the molecule is O=C(O)[C@@H]1Cc2ccccc2CN1C(=O)NCC(F)(F)F. The first-order valence-electron chi connectivity index (χ1n) is 6.19. The van der Waals surface area contributed by atoms with E-state index in [2.05, 4.69) is 0 Å². The standard InChI is InChI=1S/C13H13F3N2O3/c14-13(15,16)7-17-12(21)18-6-9-4-2-1-3-8(9)5-10(18)11(19)20/h1-4,10H,5-7H2,(H,17,21)(H,19,20)/t10-/m0/s1. The smallest absolute Gasteiger partial charge is 0.405 e. The first kappa shape index (κ1) is 15.1. The van der Waals surface area contributed by atoms with Gasteiger partial charge in [-0.15, -0.1) is 0 Å². The van der Waals surface area contributed by atoms with Crippen LogP contribution in [0.1, 0.15) is 11.1 Å². The number of halogens is 3. The maximum Gasteiger partial charge on any atom is 0.405 e. The van der Waals surface area contributed by atoms with Gasteiger partial charge in [-0.3, -0.25) is 0 Å². The lowest BCUT2D eigenvalue weighted by Gasteiger charge is -2.34. The summed E-state index contributed by atoms with van der Waals surface area (Å²) in [6.45, 7) is -1.52. The van der Waals surface area contributed by atoms with Crippen molar-refractivity contribution in [2.45, 2.75) is 25.2 Å². The number of fused-ring (bicyclic) bond motifs is 1. The molecule has 2 N–H and O–H groups in total. The minimum Gasteiger partial charge on any atom is -0.480 e. The van der Waals surface area contributed by atoms with Crippen LogP contribution in [0.2, 0.25) is 0 Å². The lowest BCUT2D eigenvalue weighted by atomic mass is 9.94. The van der Waals surface area contributed by atoms with Crippen LogP contribution in [0.5, 0.6) is 0 Å². The number of carboxylic acids is 1. The van der Waals surface area contributed by atoms with Crippen molar-refractivity contribution in [2.24, 2.45) is 0 Å². The number of amides is 2. The van der Waals surface area contributed by atoms with Crippen molar-refractivity contribution in [3.63, 3.8) is 0 Å². The zero-order chi connectivity index (χ0) is 15.6. The van der Waals surface area contributed by atoms with E-state index in [1.807, 2.05) is 0 Å². The molecule has 1 aromatic rings. The molecule has 2 rings (SSSR count). The molecule has 1 aromatic carbocycles. The molecule has 0 spiro atoms. The largest absolute Gasteiger partial charge is 0.480 e. The van der Waals surface area contributed by atoms with Gasteiger partial charge in [0.15, 0.2) is 0 Å². The summed E-state index contributed by atoms with van der Waals surface area (Å²) in [5.74, 6) is -1.24. The molecule has 0 unspecified atom stereocenters. The number of hydrogen-bond acceptors (Lipinski definition) is 2. The van der Waals surface area contributed by atoms with Gasteiger partial charge in [0.25, 0.3) is 0 Å². The Labute approximate surface area is 118 Å². The second-order valence-corrected chi connectivity index (χ2v) is 4.73. The molecule has 8 heteroatoms. The summed E-state index contributed by atoms with van der Waals surface area (Å²) in [6, 6.07) is 4.73. The minimum atomic E-state index is -4.54. The fourth-order valence-electron chi connectivity index (χ4n) is 2.23. The van der Waals surface area contributed by atoms with Crippen LogP contribution in [-0.2, 0) is 17.8 Å². The van der Waals surface area contributed by atoms with Crippen molar-refractivity contribution < 1.29 is 27.9 Å². The molecular weight excluding hydrogens is 289 g/mol. The van der Waals surface area contributed by atoms with E-state index >= 15 is 0 Å². The van der Waals surface area contributed by atoms with E-state index in [0.717, 1.165) is 16.0 Å². The Morgan fingerprint density at radius 3 is 2.48 bits per heavy atom. The average molecular weight is 302 g/mol. The Balaban J connectivity index is 2.17. The highest BCUT2D eigenvalue weighted by molar-refractivity contribution is 5.83. The summed E-state index contributed by atoms with van der Waals surface area (Å²) in [5, 5.41) is 10.9. The first-order valence-corrected chi connectivity index (χ1v) is 6.19. The normalized spacial score (nSPS) is 18.0. The molecule has 2 amide bonds. The zero-order valence-electron chi connectivity index (χ0n) is 10.9. The molecule has 5 nitrogen and oxygen atoms in total. The van der Waals surface area contributed by atoms with Gasteiger partial charge in [0.05, 0.1) is 0 Å². The van der Waals surface area contributed by atoms with Crippen LogP contribution in [-0.4, -0.2) is 40.8 Å². The molecule has 0 aromatic heterocycles. The van der Waals surface area contributed by atoms with Crippen molar-refractivity contribution in [2.75, 3.05) is 6.54 Å². The van der Waals surface area contributed by atoms with Crippen molar-refractivity contribution in [3.05, 3.63) is 35.4 Å². The number of nitrogens with one attached hydrogen (secondary N) is 1. The molecule has 0 bridgehead atoms. The fraction of sp³-hybridized carbons (Fsp3) is 0.385. The predicted molar refractivity (Wildman–Crippen MR) is 66.6 cm³/mol. The number of aliphatic carboxylic acids is 1. The lowest BCUT2D eigenvalue weighted by Crippen LogP contribution is -2.53. The second kappa shape index (κ2) is 5.63. The first-order chi connectivity index (χ1) is 9.78. The predicted octanol–water partition coefficient (Wildman–Crippen LogP) is 1.77. The number of carbonyl (C=O) groups is 2. The number of carbonyl (C=O) groups excluding carboxylic acids is 1. The topological polar surface area (TPSA) is 69.6 Å². The van der Waals surface area contributed by atoms with Gasteiger partial charge in [-0.1, -0.05) is 24.3 Å². The number of carboxylic acid groups (broad SMARTS) is 1. The maximum atomic E-state index is 12.1. The molecule has 1 atom stereocenters. The van der Waals surface area contributed by atoms with Crippen LogP contribution in [0.3, 0.4) is 0 Å². The summed E-state index contributed by atoms with van der Waals surface area (Å²) < 4.78 is 36.4. The lowest BCUT2D eigenvalue weighted by molar-refractivity contribution is -0.142. The highest BCUT2D eigenvalue weighted by Gasteiger charge is 2.36. The summed E-state index contributed by atoms with van der Waals surface area (Å²) >= 11 is 0. The van der Waals surface area contributed by atoms with Crippen molar-refractivity contribution in [3.8, 4) is 0 Å². The van der Waals surface area contributed by atoms with Crippen LogP contribution < -0.4 is 5.32 Å². The molecule has 0 radical (unpaired) electrons. The zero-order valence-corrected chi connectivity index (χ0v) is 10.9. The maximum absolute atomic E-state index is 12.1. The van der Waals surface area contributed by atoms with E-state index < -0.39 is 30.8 Å². The van der Waals surface area contributed by atoms with E-state index in [9.17, 15) is 22.8 Å². The Kier molecular flexibility index (Phi) is 4.06. The fourth-order valence-corrected chi connectivity index (χ4v) is 2.23. The Hall–Kier alpha value is -2.25. The molecule has 0 fully saturated rings. The van der Waals surface area contributed by atoms with Crippen molar-refractivity contribution >= 4 is 12.0 Å². The van der Waals surface area contributed by atoms with Crippen molar-refractivity contribution in [1.29, 1.82) is 0 Å². The third kappa shape index (κ3) is 3.65. The van der Waals surface area contributed by atoms with Crippen LogP contribution >= 0.6 is 0 Å². The van der Waals surface area contributed by atoms with Crippen molar-refractivity contribution in [1.82, 2.24) is 10.2 Å². The summed E-state index contributed by atoms with van der Waals surface area (Å²) in [4.78, 5) is 24.0. The van der Waals surface area contributed by atoms with Gasteiger partial charge in [-0.25, -0.2) is 9.59 Å². The Bertz CT molecular complexity index is 560. The molecule has 21 heavy (non-hydrogen) atoms. The van der Waals surface area contributed by atoms with Gasteiger partial charge >= 0.3 is 18.2 Å². The quantitative estimate of drug-likeness (QED) is 0.875. The molecule has 114 valence electrons. The summed E-state index contributed by atoms with van der Waals surface area (Å²) in [6.07, 6.45) is -4.47. The minimum absolute atomic E-state index is 0.0309. The monoisotopic (exact) mass is 302 g/mol. The number of hydrogen-bond donors (Lipinski definition) is 2. The number of nitrogens with zero attached hydrogens (tertiary/aromatic N) is 1. The summed E-state index contributed by atoms with van der Waals surface area (Å²) in [7, 11) is 0. The molecule has 1 heterocycles. The van der Waals surface area contributed by atoms with E-state index in [0.29, 0.717) is 0 Å².